The van der Waals surface area contributed by atoms with Gasteiger partial charge in [0.2, 0.25) is 0 Å². The summed E-state index contributed by atoms with van der Waals surface area (Å²) < 4.78 is 1.82. The molecule has 168 valence electrons. The number of nitrogens with one attached hydrogen (secondary N) is 1. The maximum absolute atomic E-state index is 11.8. The monoisotopic (exact) mass is 448 g/mol. The van der Waals surface area contributed by atoms with Crippen molar-refractivity contribution in [3.8, 4) is 22.3 Å². The number of ketones is 1. The van der Waals surface area contributed by atoms with Gasteiger partial charge in [-0.15, -0.1) is 0 Å². The fourth-order valence-corrected chi connectivity index (χ4v) is 4.60. The first-order valence-corrected chi connectivity index (χ1v) is 11.5. The molecule has 0 spiro atoms. The highest BCUT2D eigenvalue weighted by Crippen LogP contribution is 2.31. The van der Waals surface area contributed by atoms with E-state index in [1.807, 2.05) is 47.4 Å². The van der Waals surface area contributed by atoms with Gasteiger partial charge in [0.25, 0.3) is 0 Å². The predicted octanol–water partition coefficient (Wildman–Crippen LogP) is 4.22. The Balaban J connectivity index is 1.35. The third-order valence-electron chi connectivity index (χ3n) is 6.48. The van der Waals surface area contributed by atoms with Gasteiger partial charge in [-0.1, -0.05) is 24.3 Å². The van der Waals surface area contributed by atoms with E-state index in [0.29, 0.717) is 5.56 Å². The van der Waals surface area contributed by atoms with E-state index >= 15 is 0 Å². The van der Waals surface area contributed by atoms with Crippen molar-refractivity contribution >= 4 is 28.0 Å². The molecule has 7 nitrogen and oxygen atoms in total. The fourth-order valence-electron chi connectivity index (χ4n) is 4.60. The first-order chi connectivity index (χ1) is 16.7. The Hall–Kier alpha value is -4.10. The zero-order valence-electron chi connectivity index (χ0n) is 18.9. The molecule has 1 N–H and O–H groups in total. The normalized spacial score (nSPS) is 14.1. The first kappa shape index (κ1) is 20.5. The second-order valence-electron chi connectivity index (χ2n) is 8.60. The lowest BCUT2D eigenvalue weighted by molar-refractivity contribution is 0.101. The Bertz CT molecular complexity index is 1520. The lowest BCUT2D eigenvalue weighted by Gasteiger charge is -2.29. The molecule has 6 rings (SSSR count). The molecule has 3 aromatic heterocycles. The topological polar surface area (TPSA) is 75.4 Å². The number of pyridine rings is 1. The second kappa shape index (κ2) is 8.35. The minimum absolute atomic E-state index is 0.0280. The standard InChI is InChI=1S/C27H24N6O/c1-18(34)20-4-7-24-23(8-9-29-26(24)14-20)25-16-31-33-17-21(15-30-27(25)33)19-2-5-22(6-3-19)32-12-10-28-11-13-32/h2-9,14-17,28H,10-13H2,1H3. The number of piperazine rings is 1. The van der Waals surface area contributed by atoms with E-state index in [9.17, 15) is 4.79 Å². The van der Waals surface area contributed by atoms with Crippen LogP contribution in [-0.4, -0.2) is 51.5 Å². The van der Waals surface area contributed by atoms with E-state index in [2.05, 4.69) is 44.6 Å². The van der Waals surface area contributed by atoms with Crippen LogP contribution in [0.15, 0.2) is 73.3 Å². The molecule has 0 aliphatic carbocycles. The van der Waals surface area contributed by atoms with Gasteiger partial charge in [-0.25, -0.2) is 9.50 Å². The molecule has 0 atom stereocenters. The smallest absolute Gasteiger partial charge is 0.162 e. The zero-order chi connectivity index (χ0) is 23.1. The van der Waals surface area contributed by atoms with Crippen molar-refractivity contribution in [3.05, 3.63) is 78.9 Å². The third kappa shape index (κ3) is 3.60. The van der Waals surface area contributed by atoms with Gasteiger partial charge in [-0.3, -0.25) is 9.78 Å². The van der Waals surface area contributed by atoms with E-state index in [0.717, 1.165) is 65.0 Å². The van der Waals surface area contributed by atoms with Gasteiger partial charge >= 0.3 is 0 Å². The van der Waals surface area contributed by atoms with Crippen LogP contribution in [0.1, 0.15) is 17.3 Å². The van der Waals surface area contributed by atoms with Gasteiger partial charge in [0.1, 0.15) is 0 Å². The summed E-state index contributed by atoms with van der Waals surface area (Å²) >= 11 is 0. The highest BCUT2D eigenvalue weighted by Gasteiger charge is 2.14. The van der Waals surface area contributed by atoms with Gasteiger partial charge in [0.05, 0.1) is 11.7 Å². The number of hydrogen-bond donors (Lipinski definition) is 1. The Kier molecular flexibility index (Phi) is 5.04. The largest absolute Gasteiger partial charge is 0.369 e. The maximum atomic E-state index is 11.8. The van der Waals surface area contributed by atoms with Crippen molar-refractivity contribution in [2.45, 2.75) is 6.92 Å². The first-order valence-electron chi connectivity index (χ1n) is 11.5. The van der Waals surface area contributed by atoms with Gasteiger partial charge in [0, 0.05) is 72.5 Å². The van der Waals surface area contributed by atoms with E-state index < -0.39 is 0 Å². The number of carbonyl (C=O) groups is 1. The van der Waals surface area contributed by atoms with Gasteiger partial charge in [-0.05, 0) is 42.3 Å². The number of rotatable bonds is 4. The van der Waals surface area contributed by atoms with Gasteiger partial charge in [-0.2, -0.15) is 5.10 Å². The lowest BCUT2D eigenvalue weighted by atomic mass is 10.0. The molecule has 0 unspecified atom stereocenters. The number of hydrogen-bond acceptors (Lipinski definition) is 6. The minimum atomic E-state index is 0.0280. The molecule has 5 aromatic rings. The maximum Gasteiger partial charge on any atom is 0.162 e. The van der Waals surface area contributed by atoms with Crippen LogP contribution in [0.25, 0.3) is 38.8 Å². The molecule has 4 heterocycles. The van der Waals surface area contributed by atoms with Crippen molar-refractivity contribution in [1.82, 2.24) is 24.9 Å². The van der Waals surface area contributed by atoms with Crippen molar-refractivity contribution in [2.75, 3.05) is 31.1 Å². The number of fused-ring (bicyclic) bond motifs is 2. The van der Waals surface area contributed by atoms with Crippen LogP contribution in [0, 0.1) is 0 Å². The molecule has 0 saturated carbocycles. The number of nitrogens with zero attached hydrogens (tertiary/aromatic N) is 5. The molecular weight excluding hydrogens is 424 g/mol. The summed E-state index contributed by atoms with van der Waals surface area (Å²) in [6, 6.07) is 16.2. The molecule has 1 aliphatic heterocycles. The van der Waals surface area contributed by atoms with Gasteiger partial charge < -0.3 is 10.2 Å². The molecule has 7 heteroatoms. The quantitative estimate of drug-likeness (QED) is 0.415. The van der Waals surface area contributed by atoms with E-state index in [4.69, 9.17) is 4.98 Å². The molecule has 2 aromatic carbocycles. The summed E-state index contributed by atoms with van der Waals surface area (Å²) in [5, 5.41) is 8.95. The van der Waals surface area contributed by atoms with Crippen molar-refractivity contribution in [3.63, 3.8) is 0 Å². The second-order valence-corrected chi connectivity index (χ2v) is 8.60. The number of benzene rings is 2. The summed E-state index contributed by atoms with van der Waals surface area (Å²) in [7, 11) is 0. The average Bonchev–Trinajstić information content (AvgIpc) is 3.32. The molecule has 0 radical (unpaired) electrons. The molecule has 34 heavy (non-hydrogen) atoms. The van der Waals surface area contributed by atoms with Crippen LogP contribution in [0.2, 0.25) is 0 Å². The van der Waals surface area contributed by atoms with Crippen LogP contribution >= 0.6 is 0 Å². The fraction of sp³-hybridized carbons (Fsp3) is 0.185. The van der Waals surface area contributed by atoms with E-state index in [-0.39, 0.29) is 5.78 Å². The van der Waals surface area contributed by atoms with Crippen molar-refractivity contribution < 1.29 is 4.79 Å². The van der Waals surface area contributed by atoms with Crippen LogP contribution in [-0.2, 0) is 0 Å². The van der Waals surface area contributed by atoms with E-state index in [1.165, 1.54) is 5.69 Å². The molecule has 1 aliphatic rings. The van der Waals surface area contributed by atoms with Crippen molar-refractivity contribution in [1.29, 1.82) is 0 Å². The minimum Gasteiger partial charge on any atom is -0.369 e. The van der Waals surface area contributed by atoms with Crippen molar-refractivity contribution in [2.24, 2.45) is 0 Å². The summed E-state index contributed by atoms with van der Waals surface area (Å²) in [5.74, 6) is 0.0280. The molecule has 0 bridgehead atoms. The summed E-state index contributed by atoms with van der Waals surface area (Å²) in [6.07, 6.45) is 7.52. The zero-order valence-corrected chi connectivity index (χ0v) is 18.9. The number of anilines is 1. The van der Waals surface area contributed by atoms with Crippen LogP contribution in [0.5, 0.6) is 0 Å². The van der Waals surface area contributed by atoms with Gasteiger partial charge in [0.15, 0.2) is 11.4 Å². The SMILES string of the molecule is CC(=O)c1ccc2c(-c3cnn4cc(-c5ccc(N6CCNCC6)cc5)cnc34)ccnc2c1. The molecule has 1 saturated heterocycles. The molecular formula is C27H24N6O. The summed E-state index contributed by atoms with van der Waals surface area (Å²) in [5.41, 5.74) is 7.52. The highest BCUT2D eigenvalue weighted by atomic mass is 16.1. The predicted molar refractivity (Wildman–Crippen MR) is 134 cm³/mol. The average molecular weight is 449 g/mol. The van der Waals surface area contributed by atoms with Crippen LogP contribution < -0.4 is 10.2 Å². The Labute approximate surface area is 197 Å². The summed E-state index contributed by atoms with van der Waals surface area (Å²) in [4.78, 5) is 23.4. The van der Waals surface area contributed by atoms with Crippen LogP contribution in [0.4, 0.5) is 5.69 Å². The third-order valence-corrected chi connectivity index (χ3v) is 6.48. The van der Waals surface area contributed by atoms with E-state index in [1.54, 1.807) is 13.1 Å². The Morgan fingerprint density at radius 3 is 2.53 bits per heavy atom. The highest BCUT2D eigenvalue weighted by molar-refractivity contribution is 6.02. The lowest BCUT2D eigenvalue weighted by Crippen LogP contribution is -2.43. The molecule has 0 amide bonds. The Morgan fingerprint density at radius 2 is 1.74 bits per heavy atom. The number of Topliss-reactive ketones (excluding diaryl/α,β-unsaturated/α-hetero) is 1. The summed E-state index contributed by atoms with van der Waals surface area (Å²) in [6.45, 7) is 5.67. The van der Waals surface area contributed by atoms with Crippen LogP contribution in [0.3, 0.4) is 0 Å². The Morgan fingerprint density at radius 1 is 0.912 bits per heavy atom. The number of carbonyl (C=O) groups excluding carboxylic acids is 1. The number of aromatic nitrogens is 4. The molecule has 1 fully saturated rings.